The van der Waals surface area contributed by atoms with Gasteiger partial charge in [-0.05, 0) is 29.8 Å². The first kappa shape index (κ1) is 22.4. The number of ether oxygens (including phenoxy) is 1. The van der Waals surface area contributed by atoms with E-state index in [4.69, 9.17) is 0 Å². The molecule has 3 amide bonds. The van der Waals surface area contributed by atoms with E-state index in [1.165, 1.54) is 4.80 Å². The van der Waals surface area contributed by atoms with Gasteiger partial charge in [0, 0.05) is 24.1 Å². The molecule has 11 heteroatoms. The van der Waals surface area contributed by atoms with Crippen molar-refractivity contribution in [2.45, 2.75) is 19.9 Å². The summed E-state index contributed by atoms with van der Waals surface area (Å²) in [6, 6.07) is 16.3. The van der Waals surface area contributed by atoms with Gasteiger partial charge in [-0.15, -0.1) is 10.2 Å². The van der Waals surface area contributed by atoms with E-state index in [1.807, 2.05) is 30.3 Å². The molecule has 0 aliphatic heterocycles. The smallest absolute Gasteiger partial charge is 0.407 e. The Kier molecular flexibility index (Phi) is 7.84. The highest BCUT2D eigenvalue weighted by Crippen LogP contribution is 2.12. The maximum absolute atomic E-state index is 12.2. The van der Waals surface area contributed by atoms with Crippen LogP contribution in [0.15, 0.2) is 54.6 Å². The molecule has 1 aromatic heterocycles. The Balaban J connectivity index is 1.45. The van der Waals surface area contributed by atoms with Crippen molar-refractivity contribution in [1.29, 1.82) is 0 Å². The van der Waals surface area contributed by atoms with E-state index in [9.17, 15) is 14.4 Å². The highest BCUT2D eigenvalue weighted by molar-refractivity contribution is 5.95. The zero-order valence-corrected chi connectivity index (χ0v) is 17.4. The van der Waals surface area contributed by atoms with E-state index in [0.29, 0.717) is 17.9 Å². The fourth-order valence-electron chi connectivity index (χ4n) is 2.66. The standard InChI is InChI=1S/C21H23N7O4/c1-2-32-21(31)22-13-12-18(29)23-25-20(30)17-10-8-15(9-11-17)14-28-26-19(24-27-28)16-6-4-3-5-7-16/h3-11H,2,12-14H2,1H3,(H,22,31)(H,23,29)(H,25,30). The lowest BCUT2D eigenvalue weighted by Gasteiger charge is -2.08. The summed E-state index contributed by atoms with van der Waals surface area (Å²) in [5, 5.41) is 14.9. The topological polar surface area (TPSA) is 140 Å². The maximum Gasteiger partial charge on any atom is 0.407 e. The number of carbonyl (C=O) groups excluding carboxylic acids is 3. The summed E-state index contributed by atoms with van der Waals surface area (Å²) < 4.78 is 4.68. The third-order valence-electron chi connectivity index (χ3n) is 4.24. The van der Waals surface area contributed by atoms with Crippen molar-refractivity contribution in [3.05, 3.63) is 65.7 Å². The summed E-state index contributed by atoms with van der Waals surface area (Å²) in [5.74, 6) is -0.374. The van der Waals surface area contributed by atoms with E-state index in [1.54, 1.807) is 31.2 Å². The zero-order chi connectivity index (χ0) is 22.8. The average molecular weight is 437 g/mol. The third kappa shape index (κ3) is 6.62. The predicted molar refractivity (Wildman–Crippen MR) is 114 cm³/mol. The van der Waals surface area contributed by atoms with Crippen LogP contribution in [0.5, 0.6) is 0 Å². The Bertz CT molecular complexity index is 1050. The summed E-state index contributed by atoms with van der Waals surface area (Å²) in [6.45, 7) is 2.42. The molecule has 3 N–H and O–H groups in total. The number of nitrogens with zero attached hydrogens (tertiary/aromatic N) is 4. The molecule has 3 aromatic rings. The van der Waals surface area contributed by atoms with Crippen molar-refractivity contribution in [3.63, 3.8) is 0 Å². The van der Waals surface area contributed by atoms with Gasteiger partial charge in [-0.2, -0.15) is 4.80 Å². The minimum Gasteiger partial charge on any atom is -0.450 e. The van der Waals surface area contributed by atoms with Gasteiger partial charge >= 0.3 is 6.09 Å². The summed E-state index contributed by atoms with van der Waals surface area (Å²) in [5.41, 5.74) is 6.76. The van der Waals surface area contributed by atoms with Gasteiger partial charge < -0.3 is 10.1 Å². The summed E-state index contributed by atoms with van der Waals surface area (Å²) in [6.07, 6.45) is -0.602. The molecule has 0 saturated carbocycles. The van der Waals surface area contributed by atoms with Crippen molar-refractivity contribution < 1.29 is 19.1 Å². The van der Waals surface area contributed by atoms with Crippen LogP contribution in [0.2, 0.25) is 0 Å². The average Bonchev–Trinajstić information content (AvgIpc) is 3.27. The van der Waals surface area contributed by atoms with Crippen LogP contribution < -0.4 is 16.2 Å². The minimum absolute atomic E-state index is 0.00604. The first-order valence-corrected chi connectivity index (χ1v) is 9.97. The van der Waals surface area contributed by atoms with Crippen LogP contribution in [-0.2, 0) is 16.1 Å². The number of benzene rings is 2. The molecule has 0 aliphatic carbocycles. The number of tetrazole rings is 1. The molecule has 3 rings (SSSR count). The highest BCUT2D eigenvalue weighted by Gasteiger charge is 2.10. The van der Waals surface area contributed by atoms with E-state index < -0.39 is 17.9 Å². The van der Waals surface area contributed by atoms with Gasteiger partial charge in [-0.1, -0.05) is 42.5 Å². The summed E-state index contributed by atoms with van der Waals surface area (Å²) in [7, 11) is 0. The first-order valence-electron chi connectivity index (χ1n) is 9.97. The minimum atomic E-state index is -0.596. The fourth-order valence-corrected chi connectivity index (χ4v) is 2.66. The van der Waals surface area contributed by atoms with Crippen molar-refractivity contribution in [2.24, 2.45) is 0 Å². The molecule has 0 radical (unpaired) electrons. The number of aromatic nitrogens is 4. The van der Waals surface area contributed by atoms with Crippen LogP contribution in [0.1, 0.15) is 29.3 Å². The number of carbonyl (C=O) groups is 3. The Morgan fingerprint density at radius 2 is 1.75 bits per heavy atom. The van der Waals surface area contributed by atoms with Gasteiger partial charge in [-0.25, -0.2) is 4.79 Å². The van der Waals surface area contributed by atoms with Gasteiger partial charge in [0.25, 0.3) is 5.91 Å². The molecular formula is C21H23N7O4. The van der Waals surface area contributed by atoms with Crippen molar-refractivity contribution >= 4 is 17.9 Å². The van der Waals surface area contributed by atoms with E-state index in [-0.39, 0.29) is 19.6 Å². The molecule has 0 bridgehead atoms. The maximum atomic E-state index is 12.2. The van der Waals surface area contributed by atoms with Crippen molar-refractivity contribution in [3.8, 4) is 11.4 Å². The predicted octanol–water partition coefficient (Wildman–Crippen LogP) is 1.29. The molecule has 0 aliphatic rings. The molecule has 2 aromatic carbocycles. The number of hydrogen-bond donors (Lipinski definition) is 3. The molecule has 0 unspecified atom stereocenters. The molecule has 1 heterocycles. The lowest BCUT2D eigenvalue weighted by atomic mass is 10.1. The van der Waals surface area contributed by atoms with Crippen LogP contribution in [0.25, 0.3) is 11.4 Å². The van der Waals surface area contributed by atoms with Gasteiger partial charge in [-0.3, -0.25) is 20.4 Å². The Morgan fingerprint density at radius 1 is 1.00 bits per heavy atom. The normalized spacial score (nSPS) is 10.3. The Labute approximate surface area is 184 Å². The molecular weight excluding hydrogens is 414 g/mol. The third-order valence-corrected chi connectivity index (χ3v) is 4.24. The van der Waals surface area contributed by atoms with Gasteiger partial charge in [0.1, 0.15) is 0 Å². The van der Waals surface area contributed by atoms with E-state index >= 15 is 0 Å². The van der Waals surface area contributed by atoms with Crippen LogP contribution in [0.3, 0.4) is 0 Å². The largest absolute Gasteiger partial charge is 0.450 e. The Hall–Kier alpha value is -4.28. The number of hydrogen-bond acceptors (Lipinski definition) is 7. The first-order chi connectivity index (χ1) is 15.5. The summed E-state index contributed by atoms with van der Waals surface area (Å²) in [4.78, 5) is 36.5. The second-order valence-corrected chi connectivity index (χ2v) is 6.61. The number of hydrazine groups is 1. The Morgan fingerprint density at radius 3 is 2.47 bits per heavy atom. The molecule has 0 saturated heterocycles. The molecule has 0 atom stereocenters. The number of nitrogens with one attached hydrogen (secondary N) is 3. The molecule has 11 nitrogen and oxygen atoms in total. The summed E-state index contributed by atoms with van der Waals surface area (Å²) >= 11 is 0. The van der Waals surface area contributed by atoms with E-state index in [2.05, 4.69) is 36.3 Å². The second kappa shape index (κ2) is 11.2. The van der Waals surface area contributed by atoms with Crippen LogP contribution in [0, 0.1) is 0 Å². The second-order valence-electron chi connectivity index (χ2n) is 6.61. The van der Waals surface area contributed by atoms with Crippen LogP contribution in [0.4, 0.5) is 4.79 Å². The lowest BCUT2D eigenvalue weighted by Crippen LogP contribution is -2.42. The SMILES string of the molecule is CCOC(=O)NCCC(=O)NNC(=O)c1ccc(Cn2nnc(-c3ccccc3)n2)cc1. The lowest BCUT2D eigenvalue weighted by molar-refractivity contribution is -0.121. The number of alkyl carbamates (subject to hydrolysis) is 1. The van der Waals surface area contributed by atoms with Gasteiger partial charge in [0.05, 0.1) is 13.2 Å². The quantitative estimate of drug-likeness (QED) is 0.451. The number of rotatable bonds is 8. The van der Waals surface area contributed by atoms with Crippen molar-refractivity contribution in [2.75, 3.05) is 13.2 Å². The van der Waals surface area contributed by atoms with Gasteiger partial charge in [0.15, 0.2) is 0 Å². The van der Waals surface area contributed by atoms with E-state index in [0.717, 1.165) is 11.1 Å². The van der Waals surface area contributed by atoms with Crippen molar-refractivity contribution in [1.82, 2.24) is 36.4 Å². The highest BCUT2D eigenvalue weighted by atomic mass is 16.5. The fraction of sp³-hybridized carbons (Fsp3) is 0.238. The number of amides is 3. The molecule has 0 fully saturated rings. The molecule has 0 spiro atoms. The van der Waals surface area contributed by atoms with Gasteiger partial charge in [0.2, 0.25) is 11.7 Å². The zero-order valence-electron chi connectivity index (χ0n) is 17.4. The monoisotopic (exact) mass is 437 g/mol. The molecule has 32 heavy (non-hydrogen) atoms. The molecule has 166 valence electrons. The van der Waals surface area contributed by atoms with Crippen LogP contribution >= 0.6 is 0 Å². The van der Waals surface area contributed by atoms with Crippen LogP contribution in [-0.4, -0.2) is 51.3 Å².